The fourth-order valence-electron chi connectivity index (χ4n) is 4.82. The molecule has 0 radical (unpaired) electrons. The quantitative estimate of drug-likeness (QED) is 0.581. The van der Waals surface area contributed by atoms with E-state index >= 15 is 4.39 Å². The van der Waals surface area contributed by atoms with Gasteiger partial charge in [0.05, 0.1) is 18.2 Å². The Balaban J connectivity index is 1.17. The van der Waals surface area contributed by atoms with Crippen LogP contribution >= 0.6 is 11.8 Å². The number of nitrogens with one attached hydrogen (secondary N) is 1. The summed E-state index contributed by atoms with van der Waals surface area (Å²) in [5.41, 5.74) is -0.491. The van der Waals surface area contributed by atoms with Crippen molar-refractivity contribution in [3.63, 3.8) is 0 Å². The number of nitrogens with zero attached hydrogens (tertiary/aromatic N) is 3. The summed E-state index contributed by atoms with van der Waals surface area (Å²) in [6.45, 7) is 4.16. The lowest BCUT2D eigenvalue weighted by Crippen LogP contribution is -2.46. The normalized spacial score (nSPS) is 30.0. The summed E-state index contributed by atoms with van der Waals surface area (Å²) in [6.07, 6.45) is 3.56. The van der Waals surface area contributed by atoms with E-state index in [4.69, 9.17) is 9.26 Å². The summed E-state index contributed by atoms with van der Waals surface area (Å²) < 4.78 is 51.8. The third-order valence-corrected chi connectivity index (χ3v) is 7.99. The summed E-state index contributed by atoms with van der Waals surface area (Å²) in [7, 11) is 0. The average molecular weight is 503 g/mol. The van der Waals surface area contributed by atoms with Crippen LogP contribution in [0.5, 0.6) is 0 Å². The van der Waals surface area contributed by atoms with Crippen LogP contribution in [0, 0.1) is 6.92 Å². The van der Waals surface area contributed by atoms with E-state index in [-0.39, 0.29) is 29.7 Å². The van der Waals surface area contributed by atoms with E-state index < -0.39 is 18.2 Å². The van der Waals surface area contributed by atoms with Crippen molar-refractivity contribution in [1.29, 1.82) is 0 Å². The van der Waals surface area contributed by atoms with Gasteiger partial charge in [-0.05, 0) is 52.0 Å². The van der Waals surface area contributed by atoms with Crippen molar-refractivity contribution >= 4 is 22.9 Å². The molecule has 2 atom stereocenters. The van der Waals surface area contributed by atoms with Crippen LogP contribution in [0.4, 0.5) is 13.2 Å². The number of hydrogen-bond acceptors (Lipinski definition) is 7. The number of ether oxygens (including phenoxy) is 1. The van der Waals surface area contributed by atoms with Gasteiger partial charge in [0, 0.05) is 37.4 Å². The standard InChI is InChI=1S/C23H33F3N4O3S/c1-15-11-17(33-29-15)12-20(31)27-16-3-6-23(26,7-4-16)8-10-30-9-5-19-18(13-30)28-21(34-19)32-14-22(2,24)25/h11,16,18-19H,3-10,12-14H2,1-2H3,(H,27,31). The number of halogens is 3. The van der Waals surface area contributed by atoms with Gasteiger partial charge in [-0.2, -0.15) is 0 Å². The first-order valence-corrected chi connectivity index (χ1v) is 12.8. The highest BCUT2D eigenvalue weighted by atomic mass is 32.2. The van der Waals surface area contributed by atoms with Gasteiger partial charge in [0.15, 0.2) is 6.61 Å². The molecule has 1 saturated heterocycles. The van der Waals surface area contributed by atoms with Gasteiger partial charge in [-0.1, -0.05) is 16.9 Å². The molecule has 1 N–H and O–H groups in total. The molecule has 190 valence electrons. The lowest BCUT2D eigenvalue weighted by molar-refractivity contribution is -0.121. The van der Waals surface area contributed by atoms with Crippen molar-refractivity contribution in [2.24, 2.45) is 4.99 Å². The van der Waals surface area contributed by atoms with Crippen molar-refractivity contribution in [3.8, 4) is 0 Å². The zero-order chi connectivity index (χ0) is 24.3. The molecule has 1 aromatic rings. The van der Waals surface area contributed by atoms with Gasteiger partial charge < -0.3 is 19.5 Å². The maximum Gasteiger partial charge on any atom is 0.278 e. The topological polar surface area (TPSA) is 80.0 Å². The molecule has 0 spiro atoms. The SMILES string of the molecule is Cc1cc(CC(=O)NC2CCC(F)(CCN3CCC4SC(OCC(C)(F)F)=NC4C3)CC2)on1. The van der Waals surface area contributed by atoms with Gasteiger partial charge >= 0.3 is 0 Å². The smallest absolute Gasteiger partial charge is 0.278 e. The molecular formula is C23H33F3N4O3S. The van der Waals surface area contributed by atoms with Gasteiger partial charge in [0.1, 0.15) is 11.4 Å². The first kappa shape index (κ1) is 25.3. The molecule has 1 aromatic heterocycles. The van der Waals surface area contributed by atoms with Crippen LogP contribution in [0.2, 0.25) is 0 Å². The number of fused-ring (bicyclic) bond motifs is 1. The summed E-state index contributed by atoms with van der Waals surface area (Å²) in [6, 6.07) is 1.73. The summed E-state index contributed by atoms with van der Waals surface area (Å²) in [5, 5.41) is 7.36. The van der Waals surface area contributed by atoms with Crippen LogP contribution in [0.1, 0.15) is 56.9 Å². The highest BCUT2D eigenvalue weighted by molar-refractivity contribution is 8.14. The fourth-order valence-corrected chi connectivity index (χ4v) is 5.93. The second-order valence-electron chi connectivity index (χ2n) is 9.92. The van der Waals surface area contributed by atoms with Crippen LogP contribution < -0.4 is 5.32 Å². The van der Waals surface area contributed by atoms with E-state index in [2.05, 4.69) is 20.4 Å². The number of likely N-dealkylation sites (tertiary alicyclic amines) is 1. The minimum Gasteiger partial charge on any atom is -0.467 e. The Hall–Kier alpha value is -1.75. The van der Waals surface area contributed by atoms with Gasteiger partial charge in [-0.15, -0.1) is 0 Å². The Morgan fingerprint density at radius 1 is 1.38 bits per heavy atom. The number of aliphatic imine (C=N–C) groups is 1. The molecule has 1 amide bonds. The number of rotatable bonds is 8. The van der Waals surface area contributed by atoms with Crippen molar-refractivity contribution in [2.75, 3.05) is 26.2 Å². The molecule has 11 heteroatoms. The van der Waals surface area contributed by atoms with Crippen molar-refractivity contribution in [1.82, 2.24) is 15.4 Å². The van der Waals surface area contributed by atoms with E-state index in [1.165, 1.54) is 11.8 Å². The second-order valence-corrected chi connectivity index (χ2v) is 11.1. The molecule has 7 nitrogen and oxygen atoms in total. The molecule has 34 heavy (non-hydrogen) atoms. The molecule has 1 aliphatic carbocycles. The van der Waals surface area contributed by atoms with Gasteiger partial charge in [-0.25, -0.2) is 18.2 Å². The maximum absolute atomic E-state index is 15.4. The zero-order valence-corrected chi connectivity index (χ0v) is 20.5. The third kappa shape index (κ3) is 7.13. The first-order valence-electron chi connectivity index (χ1n) is 11.9. The van der Waals surface area contributed by atoms with Crippen molar-refractivity contribution < 1.29 is 27.2 Å². The molecule has 0 aromatic carbocycles. The van der Waals surface area contributed by atoms with Crippen molar-refractivity contribution in [3.05, 3.63) is 17.5 Å². The zero-order valence-electron chi connectivity index (χ0n) is 19.7. The van der Waals surface area contributed by atoms with Gasteiger partial charge in [0.2, 0.25) is 11.1 Å². The molecule has 1 saturated carbocycles. The van der Waals surface area contributed by atoms with E-state index in [9.17, 15) is 13.6 Å². The Kier molecular flexibility index (Phi) is 7.81. The number of aromatic nitrogens is 1. The number of hydrogen-bond donors (Lipinski definition) is 1. The van der Waals surface area contributed by atoms with E-state index in [0.717, 1.165) is 25.6 Å². The Labute approximate surface area is 202 Å². The highest BCUT2D eigenvalue weighted by Crippen LogP contribution is 2.37. The number of piperidine rings is 1. The fraction of sp³-hybridized carbons (Fsp3) is 0.783. The maximum atomic E-state index is 15.4. The number of carbonyl (C=O) groups excluding carboxylic acids is 1. The highest BCUT2D eigenvalue weighted by Gasteiger charge is 2.39. The molecule has 4 rings (SSSR count). The summed E-state index contributed by atoms with van der Waals surface area (Å²) >= 11 is 1.44. The minimum atomic E-state index is -2.88. The lowest BCUT2D eigenvalue weighted by Gasteiger charge is -2.38. The number of amides is 1. The lowest BCUT2D eigenvalue weighted by atomic mass is 9.81. The van der Waals surface area contributed by atoms with Crippen LogP contribution in [0.3, 0.4) is 0 Å². The minimum absolute atomic E-state index is 0.00823. The van der Waals surface area contributed by atoms with E-state index in [1.54, 1.807) is 13.0 Å². The number of carbonyl (C=O) groups is 1. The monoisotopic (exact) mass is 502 g/mol. The molecule has 2 unspecified atom stereocenters. The number of aryl methyl sites for hydroxylation is 1. The molecule has 3 heterocycles. The van der Waals surface area contributed by atoms with E-state index in [1.807, 2.05) is 0 Å². The summed E-state index contributed by atoms with van der Waals surface area (Å²) in [5.74, 6) is -2.48. The summed E-state index contributed by atoms with van der Waals surface area (Å²) in [4.78, 5) is 18.9. The van der Waals surface area contributed by atoms with Crippen molar-refractivity contribution in [2.45, 2.75) is 87.7 Å². The Bertz CT molecular complexity index is 883. The number of thioether (sulfide) groups is 1. The van der Waals surface area contributed by atoms with Crippen LogP contribution in [0.25, 0.3) is 0 Å². The first-order chi connectivity index (χ1) is 16.1. The largest absolute Gasteiger partial charge is 0.467 e. The third-order valence-electron chi connectivity index (χ3n) is 6.71. The van der Waals surface area contributed by atoms with Crippen LogP contribution in [-0.2, 0) is 16.0 Å². The predicted molar refractivity (Wildman–Crippen MR) is 124 cm³/mol. The molecule has 3 aliphatic rings. The molecule has 2 aliphatic heterocycles. The Morgan fingerprint density at radius 3 is 2.82 bits per heavy atom. The average Bonchev–Trinajstić information content (AvgIpc) is 3.37. The second kappa shape index (κ2) is 10.5. The van der Waals surface area contributed by atoms with Gasteiger partial charge in [-0.3, -0.25) is 4.79 Å². The molecule has 2 fully saturated rings. The predicted octanol–water partition coefficient (Wildman–Crippen LogP) is 3.90. The molecular weight excluding hydrogens is 469 g/mol. The molecule has 0 bridgehead atoms. The van der Waals surface area contributed by atoms with E-state index in [0.29, 0.717) is 56.2 Å². The van der Waals surface area contributed by atoms with Gasteiger partial charge in [0.25, 0.3) is 5.92 Å². The Morgan fingerprint density at radius 2 is 2.15 bits per heavy atom. The van der Waals surface area contributed by atoms with Crippen LogP contribution in [-0.4, -0.2) is 76.4 Å². The number of alkyl halides is 3. The van der Waals surface area contributed by atoms with Crippen LogP contribution in [0.15, 0.2) is 15.6 Å².